The molecular weight excluding hydrogens is 177 g/mol. The first-order valence-electron chi connectivity index (χ1n) is 4.00. The summed E-state index contributed by atoms with van der Waals surface area (Å²) in [7, 11) is 0. The Hall–Kier alpha value is -0.990. The van der Waals surface area contributed by atoms with Crippen molar-refractivity contribution in [3.8, 4) is 0 Å². The molecule has 0 saturated carbocycles. The van der Waals surface area contributed by atoms with Crippen LogP contribution in [0.25, 0.3) is 0 Å². The van der Waals surface area contributed by atoms with Gasteiger partial charge in [-0.1, -0.05) is 26.0 Å². The number of hydrogen-bond donors (Lipinski definition) is 0. The van der Waals surface area contributed by atoms with Gasteiger partial charge in [-0.2, -0.15) is 13.2 Å². The van der Waals surface area contributed by atoms with Gasteiger partial charge in [0.15, 0.2) is 0 Å². The van der Waals surface area contributed by atoms with Crippen LogP contribution in [0, 0.1) is 6.07 Å². The third kappa shape index (κ3) is 2.23. The van der Waals surface area contributed by atoms with E-state index in [9.17, 15) is 13.2 Å². The van der Waals surface area contributed by atoms with Crippen LogP contribution < -0.4 is 0 Å². The standard InChI is InChI=1S/C10H10F3/c1-7(2)8-5-3-4-6-9(8)10(11,12)13/h4-7H,1-2H3. The lowest BCUT2D eigenvalue weighted by Gasteiger charge is -2.14. The van der Waals surface area contributed by atoms with E-state index in [0.29, 0.717) is 5.56 Å². The Labute approximate surface area is 75.4 Å². The van der Waals surface area contributed by atoms with Crippen LogP contribution >= 0.6 is 0 Å². The molecule has 0 N–H and O–H groups in total. The monoisotopic (exact) mass is 187 g/mol. The summed E-state index contributed by atoms with van der Waals surface area (Å²) in [6, 6.07) is 6.40. The molecule has 0 aliphatic carbocycles. The molecule has 0 nitrogen and oxygen atoms in total. The van der Waals surface area contributed by atoms with Gasteiger partial charge in [-0.3, -0.25) is 0 Å². The van der Waals surface area contributed by atoms with E-state index in [1.165, 1.54) is 12.1 Å². The van der Waals surface area contributed by atoms with Crippen molar-refractivity contribution in [1.82, 2.24) is 0 Å². The van der Waals surface area contributed by atoms with Crippen molar-refractivity contribution in [3.63, 3.8) is 0 Å². The topological polar surface area (TPSA) is 0 Å². The highest BCUT2D eigenvalue weighted by molar-refractivity contribution is 5.31. The zero-order chi connectivity index (χ0) is 10.1. The van der Waals surface area contributed by atoms with Crippen LogP contribution in [0.15, 0.2) is 18.2 Å². The van der Waals surface area contributed by atoms with Crippen molar-refractivity contribution in [2.45, 2.75) is 25.9 Å². The molecule has 0 atom stereocenters. The van der Waals surface area contributed by atoms with Gasteiger partial charge in [-0.05, 0) is 23.6 Å². The Kier molecular flexibility index (Phi) is 2.64. The summed E-state index contributed by atoms with van der Waals surface area (Å²) >= 11 is 0. The summed E-state index contributed by atoms with van der Waals surface area (Å²) in [5.41, 5.74) is -0.253. The van der Waals surface area contributed by atoms with Crippen LogP contribution in [0.3, 0.4) is 0 Å². The average molecular weight is 187 g/mol. The van der Waals surface area contributed by atoms with Crippen molar-refractivity contribution < 1.29 is 13.2 Å². The van der Waals surface area contributed by atoms with Crippen LogP contribution in [0.4, 0.5) is 13.2 Å². The van der Waals surface area contributed by atoms with Crippen LogP contribution in [-0.2, 0) is 6.18 Å². The number of hydrogen-bond acceptors (Lipinski definition) is 0. The number of halogens is 3. The van der Waals surface area contributed by atoms with Gasteiger partial charge >= 0.3 is 6.18 Å². The normalized spacial score (nSPS) is 12.2. The molecule has 0 bridgehead atoms. The molecule has 0 unspecified atom stereocenters. The first kappa shape index (κ1) is 10.1. The number of rotatable bonds is 1. The highest BCUT2D eigenvalue weighted by Gasteiger charge is 2.33. The molecule has 0 amide bonds. The highest BCUT2D eigenvalue weighted by atomic mass is 19.4. The van der Waals surface area contributed by atoms with Crippen LogP contribution in [0.1, 0.15) is 30.9 Å². The molecule has 0 aliphatic heterocycles. The second kappa shape index (κ2) is 3.40. The van der Waals surface area contributed by atoms with Crippen LogP contribution in [0.2, 0.25) is 0 Å². The van der Waals surface area contributed by atoms with Gasteiger partial charge in [0.05, 0.1) is 5.56 Å². The molecule has 13 heavy (non-hydrogen) atoms. The molecule has 0 aromatic heterocycles. The number of alkyl halides is 3. The molecule has 1 aromatic rings. The van der Waals surface area contributed by atoms with Crippen molar-refractivity contribution in [1.29, 1.82) is 0 Å². The fourth-order valence-electron chi connectivity index (χ4n) is 1.18. The Morgan fingerprint density at radius 2 is 1.92 bits per heavy atom. The SMILES string of the molecule is CC(C)c1c[c]ccc1C(F)(F)F. The minimum absolute atomic E-state index is 0.130. The summed E-state index contributed by atoms with van der Waals surface area (Å²) < 4.78 is 37.2. The lowest BCUT2D eigenvalue weighted by Crippen LogP contribution is -2.09. The molecular formula is C10H10F3. The molecule has 1 radical (unpaired) electrons. The summed E-state index contributed by atoms with van der Waals surface area (Å²) in [4.78, 5) is 0. The van der Waals surface area contributed by atoms with E-state index in [2.05, 4.69) is 6.07 Å². The van der Waals surface area contributed by atoms with E-state index < -0.39 is 11.7 Å². The van der Waals surface area contributed by atoms with Gasteiger partial charge in [-0.15, -0.1) is 0 Å². The minimum Gasteiger partial charge on any atom is -0.166 e. The minimum atomic E-state index is -4.26. The summed E-state index contributed by atoms with van der Waals surface area (Å²) in [5, 5.41) is 0. The van der Waals surface area contributed by atoms with E-state index in [0.717, 1.165) is 6.07 Å². The van der Waals surface area contributed by atoms with Gasteiger partial charge in [0.1, 0.15) is 0 Å². The van der Waals surface area contributed by atoms with E-state index in [4.69, 9.17) is 0 Å². The molecule has 1 aromatic carbocycles. The van der Waals surface area contributed by atoms with Crippen LogP contribution in [-0.4, -0.2) is 0 Å². The molecule has 0 saturated heterocycles. The Morgan fingerprint density at radius 1 is 1.31 bits per heavy atom. The third-order valence-electron chi connectivity index (χ3n) is 1.82. The van der Waals surface area contributed by atoms with E-state index >= 15 is 0 Å². The third-order valence-corrected chi connectivity index (χ3v) is 1.82. The van der Waals surface area contributed by atoms with Gasteiger partial charge in [0.25, 0.3) is 0 Å². The van der Waals surface area contributed by atoms with E-state index in [1.807, 2.05) is 0 Å². The van der Waals surface area contributed by atoms with E-state index in [-0.39, 0.29) is 5.92 Å². The first-order chi connectivity index (χ1) is 5.93. The fourth-order valence-corrected chi connectivity index (χ4v) is 1.18. The van der Waals surface area contributed by atoms with Gasteiger partial charge in [0, 0.05) is 0 Å². The lowest BCUT2D eigenvalue weighted by atomic mass is 9.97. The van der Waals surface area contributed by atoms with Gasteiger partial charge in [-0.25, -0.2) is 0 Å². The molecule has 71 valence electrons. The van der Waals surface area contributed by atoms with Crippen molar-refractivity contribution >= 4 is 0 Å². The molecule has 0 spiro atoms. The average Bonchev–Trinajstić information content (AvgIpc) is 2.03. The summed E-state index contributed by atoms with van der Waals surface area (Å²) in [6.45, 7) is 3.47. The zero-order valence-corrected chi connectivity index (χ0v) is 7.44. The Balaban J connectivity index is 3.20. The smallest absolute Gasteiger partial charge is 0.166 e. The predicted octanol–water partition coefficient (Wildman–Crippen LogP) is 3.63. The van der Waals surface area contributed by atoms with Crippen molar-refractivity contribution in [2.24, 2.45) is 0 Å². The van der Waals surface area contributed by atoms with Gasteiger partial charge < -0.3 is 0 Å². The quantitative estimate of drug-likeness (QED) is 0.629. The summed E-state index contributed by atoms with van der Waals surface area (Å²) in [5.74, 6) is -0.130. The van der Waals surface area contributed by atoms with Crippen molar-refractivity contribution in [3.05, 3.63) is 35.4 Å². The van der Waals surface area contributed by atoms with E-state index in [1.54, 1.807) is 13.8 Å². The summed E-state index contributed by atoms with van der Waals surface area (Å²) in [6.07, 6.45) is -4.26. The predicted molar refractivity (Wildman–Crippen MR) is 44.4 cm³/mol. The molecule has 0 fully saturated rings. The van der Waals surface area contributed by atoms with Gasteiger partial charge in [0.2, 0.25) is 0 Å². The number of benzene rings is 1. The maximum atomic E-state index is 12.4. The maximum Gasteiger partial charge on any atom is 0.416 e. The molecule has 3 heteroatoms. The lowest BCUT2D eigenvalue weighted by molar-refractivity contribution is -0.138. The zero-order valence-electron chi connectivity index (χ0n) is 7.44. The highest BCUT2D eigenvalue weighted by Crippen LogP contribution is 2.34. The second-order valence-corrected chi connectivity index (χ2v) is 3.17. The largest absolute Gasteiger partial charge is 0.416 e. The maximum absolute atomic E-state index is 12.4. The van der Waals surface area contributed by atoms with Crippen molar-refractivity contribution in [2.75, 3.05) is 0 Å². The fraction of sp³-hybridized carbons (Fsp3) is 0.400. The second-order valence-electron chi connectivity index (χ2n) is 3.17. The Morgan fingerprint density at radius 3 is 2.31 bits per heavy atom. The van der Waals surface area contributed by atoms with Crippen LogP contribution in [0.5, 0.6) is 0 Å². The molecule has 0 aliphatic rings. The molecule has 1 rings (SSSR count). The molecule has 0 heterocycles. The first-order valence-corrected chi connectivity index (χ1v) is 4.00. The Bertz CT molecular complexity index is 286.